The Hall–Kier alpha value is -0.160. The van der Waals surface area contributed by atoms with Crippen LogP contribution in [0.25, 0.3) is 0 Å². The molecule has 0 aliphatic carbocycles. The summed E-state index contributed by atoms with van der Waals surface area (Å²) in [4.78, 5) is 0. The molecular formula is C7H18N2O2. The number of aliphatic hydroxyl groups is 1. The van der Waals surface area contributed by atoms with Gasteiger partial charge in [0.05, 0.1) is 0 Å². The number of ether oxygens (including phenoxy) is 1. The van der Waals surface area contributed by atoms with Crippen LogP contribution in [-0.2, 0) is 4.74 Å². The van der Waals surface area contributed by atoms with E-state index in [9.17, 15) is 5.11 Å². The first-order valence-corrected chi connectivity index (χ1v) is 3.72. The highest BCUT2D eigenvalue weighted by molar-refractivity contribution is 4.78. The molecule has 11 heavy (non-hydrogen) atoms. The van der Waals surface area contributed by atoms with E-state index in [1.807, 2.05) is 0 Å². The van der Waals surface area contributed by atoms with E-state index < -0.39 is 5.72 Å². The van der Waals surface area contributed by atoms with Crippen molar-refractivity contribution < 1.29 is 9.84 Å². The summed E-state index contributed by atoms with van der Waals surface area (Å²) in [6, 6.07) is 0. The molecule has 0 rings (SSSR count). The van der Waals surface area contributed by atoms with Gasteiger partial charge < -0.3 is 15.6 Å². The average Bonchev–Trinajstić information content (AvgIpc) is 2.00. The van der Waals surface area contributed by atoms with Crippen LogP contribution >= 0.6 is 0 Å². The molecule has 0 aromatic rings. The molecular weight excluding hydrogens is 144 g/mol. The number of rotatable bonds is 5. The van der Waals surface area contributed by atoms with Gasteiger partial charge in [0, 0.05) is 7.11 Å². The van der Waals surface area contributed by atoms with Crippen LogP contribution in [0, 0.1) is 0 Å². The fraction of sp³-hybridized carbons (Fsp3) is 1.00. The number of hydrogen-bond acceptors (Lipinski definition) is 4. The van der Waals surface area contributed by atoms with Crippen molar-refractivity contribution in [2.45, 2.75) is 25.2 Å². The van der Waals surface area contributed by atoms with Crippen LogP contribution < -0.4 is 11.1 Å². The lowest BCUT2D eigenvalue weighted by molar-refractivity contribution is -0.100. The maximum Gasteiger partial charge on any atom is 0.139 e. The standard InChI is InChI=1S/C7H18N2O2/c1-7(10,9-2)6(11-3)4-5-8/h6,9-10H,4-5,8H2,1-3H3. The third kappa shape index (κ3) is 3.16. The summed E-state index contributed by atoms with van der Waals surface area (Å²) < 4.78 is 5.05. The first-order valence-electron chi connectivity index (χ1n) is 3.72. The number of nitrogens with two attached hydrogens (primary N) is 1. The maximum atomic E-state index is 9.62. The molecule has 0 bridgehead atoms. The van der Waals surface area contributed by atoms with E-state index in [-0.39, 0.29) is 6.10 Å². The van der Waals surface area contributed by atoms with Crippen LogP contribution in [0.2, 0.25) is 0 Å². The second-order valence-electron chi connectivity index (χ2n) is 2.70. The molecule has 4 N–H and O–H groups in total. The van der Waals surface area contributed by atoms with Crippen LogP contribution in [0.4, 0.5) is 0 Å². The summed E-state index contributed by atoms with van der Waals surface area (Å²) in [6.07, 6.45) is 0.391. The van der Waals surface area contributed by atoms with E-state index in [4.69, 9.17) is 10.5 Å². The van der Waals surface area contributed by atoms with Crippen LogP contribution in [0.5, 0.6) is 0 Å². The predicted molar refractivity (Wildman–Crippen MR) is 44.2 cm³/mol. The van der Waals surface area contributed by atoms with Crippen molar-refractivity contribution in [2.24, 2.45) is 5.73 Å². The zero-order chi connectivity index (χ0) is 8.91. The summed E-state index contributed by atoms with van der Waals surface area (Å²) in [5.74, 6) is 0. The third-order valence-electron chi connectivity index (χ3n) is 1.85. The highest BCUT2D eigenvalue weighted by atomic mass is 16.5. The Morgan fingerprint density at radius 2 is 2.27 bits per heavy atom. The normalized spacial score (nSPS) is 19.4. The van der Waals surface area contributed by atoms with Crippen molar-refractivity contribution in [2.75, 3.05) is 20.7 Å². The Kier molecular flexibility index (Phi) is 4.60. The second-order valence-corrected chi connectivity index (χ2v) is 2.70. The zero-order valence-corrected chi connectivity index (χ0v) is 7.42. The predicted octanol–water partition coefficient (Wildman–Crippen LogP) is -0.722. The van der Waals surface area contributed by atoms with Crippen LogP contribution in [-0.4, -0.2) is 37.6 Å². The Morgan fingerprint density at radius 1 is 1.73 bits per heavy atom. The molecule has 0 spiro atoms. The largest absolute Gasteiger partial charge is 0.377 e. The molecule has 0 heterocycles. The van der Waals surface area contributed by atoms with Crippen molar-refractivity contribution in [1.82, 2.24) is 5.32 Å². The van der Waals surface area contributed by atoms with E-state index in [1.165, 1.54) is 0 Å². The van der Waals surface area contributed by atoms with Crippen molar-refractivity contribution in [1.29, 1.82) is 0 Å². The lowest BCUT2D eigenvalue weighted by Crippen LogP contribution is -2.51. The van der Waals surface area contributed by atoms with Crippen molar-refractivity contribution in [3.05, 3.63) is 0 Å². The Bertz CT molecular complexity index is 107. The number of nitrogens with one attached hydrogen (secondary N) is 1. The molecule has 68 valence electrons. The average molecular weight is 162 g/mol. The lowest BCUT2D eigenvalue weighted by atomic mass is 10.1. The Labute approximate surface area is 67.7 Å². The highest BCUT2D eigenvalue weighted by Crippen LogP contribution is 2.11. The molecule has 0 aromatic heterocycles. The van der Waals surface area contributed by atoms with Gasteiger partial charge in [0.25, 0.3) is 0 Å². The monoisotopic (exact) mass is 162 g/mol. The first kappa shape index (κ1) is 10.8. The van der Waals surface area contributed by atoms with Crippen molar-refractivity contribution in [3.63, 3.8) is 0 Å². The van der Waals surface area contributed by atoms with Gasteiger partial charge >= 0.3 is 0 Å². The molecule has 0 amide bonds. The fourth-order valence-corrected chi connectivity index (χ4v) is 0.941. The minimum Gasteiger partial charge on any atom is -0.377 e. The van der Waals surface area contributed by atoms with Gasteiger partial charge in [-0.25, -0.2) is 0 Å². The van der Waals surface area contributed by atoms with Crippen LogP contribution in [0.3, 0.4) is 0 Å². The van der Waals surface area contributed by atoms with Gasteiger partial charge in [-0.15, -0.1) is 0 Å². The molecule has 2 atom stereocenters. The molecule has 4 nitrogen and oxygen atoms in total. The van der Waals surface area contributed by atoms with E-state index in [2.05, 4.69) is 5.32 Å². The molecule has 0 radical (unpaired) electrons. The molecule has 0 aromatic carbocycles. The molecule has 0 aliphatic rings. The molecule has 0 aliphatic heterocycles. The number of likely N-dealkylation sites (N-methyl/N-ethyl adjacent to an activating group) is 1. The number of methoxy groups -OCH3 is 1. The molecule has 0 saturated carbocycles. The van der Waals surface area contributed by atoms with Crippen molar-refractivity contribution in [3.8, 4) is 0 Å². The van der Waals surface area contributed by atoms with E-state index in [1.54, 1.807) is 21.1 Å². The maximum absolute atomic E-state index is 9.62. The molecule has 2 unspecified atom stereocenters. The van der Waals surface area contributed by atoms with Crippen LogP contribution in [0.15, 0.2) is 0 Å². The van der Waals surface area contributed by atoms with Crippen LogP contribution in [0.1, 0.15) is 13.3 Å². The van der Waals surface area contributed by atoms with Crippen molar-refractivity contribution >= 4 is 0 Å². The minimum atomic E-state index is -0.992. The third-order valence-corrected chi connectivity index (χ3v) is 1.85. The summed E-state index contributed by atoms with van der Waals surface area (Å²) in [5.41, 5.74) is 4.35. The summed E-state index contributed by atoms with van der Waals surface area (Å²) in [7, 11) is 3.24. The minimum absolute atomic E-state index is 0.252. The van der Waals surface area contributed by atoms with Gasteiger partial charge in [0.15, 0.2) is 0 Å². The summed E-state index contributed by atoms with van der Waals surface area (Å²) >= 11 is 0. The summed E-state index contributed by atoms with van der Waals surface area (Å²) in [6.45, 7) is 2.17. The van der Waals surface area contributed by atoms with Gasteiger partial charge in [0.2, 0.25) is 0 Å². The van der Waals surface area contributed by atoms with E-state index >= 15 is 0 Å². The molecule has 0 saturated heterocycles. The van der Waals surface area contributed by atoms with Gasteiger partial charge in [-0.2, -0.15) is 0 Å². The topological polar surface area (TPSA) is 67.5 Å². The SMILES string of the molecule is CNC(C)(O)C(CCN)OC. The lowest BCUT2D eigenvalue weighted by Gasteiger charge is -2.31. The highest BCUT2D eigenvalue weighted by Gasteiger charge is 2.28. The Morgan fingerprint density at radius 3 is 2.55 bits per heavy atom. The molecule has 0 fully saturated rings. The van der Waals surface area contributed by atoms with E-state index in [0.717, 1.165) is 0 Å². The number of hydrogen-bond donors (Lipinski definition) is 3. The fourth-order valence-electron chi connectivity index (χ4n) is 0.941. The van der Waals surface area contributed by atoms with Gasteiger partial charge in [0.1, 0.15) is 11.8 Å². The van der Waals surface area contributed by atoms with Gasteiger partial charge in [-0.3, -0.25) is 5.32 Å². The van der Waals surface area contributed by atoms with E-state index in [0.29, 0.717) is 13.0 Å². The first-order chi connectivity index (χ1) is 5.08. The van der Waals surface area contributed by atoms with Gasteiger partial charge in [-0.1, -0.05) is 0 Å². The van der Waals surface area contributed by atoms with Gasteiger partial charge in [-0.05, 0) is 26.9 Å². The molecule has 4 heteroatoms. The quantitative estimate of drug-likeness (QED) is 0.467. The second kappa shape index (κ2) is 4.66. The Balaban J connectivity index is 3.99. The summed E-state index contributed by atoms with van der Waals surface area (Å²) in [5, 5.41) is 12.4. The zero-order valence-electron chi connectivity index (χ0n) is 7.42. The smallest absolute Gasteiger partial charge is 0.139 e.